The maximum absolute atomic E-state index is 13.7. The highest BCUT2D eigenvalue weighted by atomic mass is 19.3. The van der Waals surface area contributed by atoms with Gasteiger partial charge in [0.25, 0.3) is 0 Å². The fourth-order valence-corrected chi connectivity index (χ4v) is 2.56. The van der Waals surface area contributed by atoms with Gasteiger partial charge in [-0.25, -0.2) is 19.9 Å². The molecule has 162 valence electrons. The largest absolute Gasteiger partial charge is 0.485 e. The van der Waals surface area contributed by atoms with E-state index >= 15 is 0 Å². The molecule has 0 unspecified atom stereocenters. The number of nitrogens with one attached hydrogen (secondary N) is 2. The molecule has 0 atom stereocenters. The van der Waals surface area contributed by atoms with Gasteiger partial charge in [0.05, 0.1) is 11.9 Å². The van der Waals surface area contributed by atoms with Crippen LogP contribution in [0.4, 0.5) is 30.5 Å². The van der Waals surface area contributed by atoms with Crippen molar-refractivity contribution in [1.82, 2.24) is 19.9 Å². The maximum Gasteiger partial charge on any atom is 0.303 e. The Morgan fingerprint density at radius 2 is 1.94 bits per heavy atom. The van der Waals surface area contributed by atoms with E-state index < -0.39 is 17.7 Å². The minimum atomic E-state index is -3.23. The molecule has 0 spiro atoms. The summed E-state index contributed by atoms with van der Waals surface area (Å²) in [6.07, 6.45) is 2.65. The zero-order valence-electron chi connectivity index (χ0n) is 16.9. The summed E-state index contributed by atoms with van der Waals surface area (Å²) >= 11 is 0. The lowest BCUT2D eigenvalue weighted by Crippen LogP contribution is -2.14. The number of amides is 1. The number of carbonyl (C=O) groups excluding carboxylic acids is 1. The monoisotopic (exact) mass is 432 g/mol. The summed E-state index contributed by atoms with van der Waals surface area (Å²) in [6.45, 7) is 3.58. The molecule has 11 heteroatoms. The highest BCUT2D eigenvalue weighted by Gasteiger charge is 2.29. The Balaban J connectivity index is 1.92. The minimum Gasteiger partial charge on any atom is -0.485 e. The molecule has 0 fully saturated rings. The summed E-state index contributed by atoms with van der Waals surface area (Å²) in [6, 6.07) is 5.75. The van der Waals surface area contributed by atoms with Gasteiger partial charge in [-0.15, -0.1) is 0 Å². The van der Waals surface area contributed by atoms with Crippen LogP contribution < -0.4 is 15.4 Å². The first kappa shape index (κ1) is 21.9. The van der Waals surface area contributed by atoms with Gasteiger partial charge < -0.3 is 15.4 Å². The molecule has 2 N–H and O–H groups in total. The molecule has 3 aromatic heterocycles. The number of rotatable bonds is 7. The third kappa shape index (κ3) is 6.11. The number of halogens is 3. The van der Waals surface area contributed by atoms with Gasteiger partial charge in [0.15, 0.2) is 5.75 Å². The van der Waals surface area contributed by atoms with Crippen LogP contribution in [-0.2, 0) is 17.3 Å². The van der Waals surface area contributed by atoms with E-state index in [2.05, 4.69) is 30.6 Å². The lowest BCUT2D eigenvalue weighted by Gasteiger charge is -2.16. The van der Waals surface area contributed by atoms with Crippen molar-refractivity contribution in [2.24, 2.45) is 0 Å². The highest BCUT2D eigenvalue weighted by molar-refractivity contribution is 5.88. The van der Waals surface area contributed by atoms with E-state index in [9.17, 15) is 18.0 Å². The van der Waals surface area contributed by atoms with Crippen molar-refractivity contribution in [1.29, 1.82) is 0 Å². The second kappa shape index (κ2) is 8.94. The first-order valence-corrected chi connectivity index (χ1v) is 9.12. The molecule has 0 saturated carbocycles. The van der Waals surface area contributed by atoms with Crippen LogP contribution in [0.2, 0.25) is 0 Å². The molecule has 0 aliphatic heterocycles. The highest BCUT2D eigenvalue weighted by Crippen LogP contribution is 2.31. The molecule has 0 radical (unpaired) electrons. The molecule has 0 aliphatic carbocycles. The first-order valence-electron chi connectivity index (χ1n) is 9.12. The minimum absolute atomic E-state index is 0.00360. The van der Waals surface area contributed by atoms with Gasteiger partial charge in [-0.05, 0) is 24.6 Å². The van der Waals surface area contributed by atoms with Crippen molar-refractivity contribution in [3.05, 3.63) is 59.7 Å². The molecular formula is C20H19F3N6O2. The third-order valence-corrected chi connectivity index (χ3v) is 3.87. The summed E-state index contributed by atoms with van der Waals surface area (Å²) in [4.78, 5) is 26.6. The number of aromatic nitrogens is 4. The average molecular weight is 432 g/mol. The van der Waals surface area contributed by atoms with Crippen molar-refractivity contribution >= 4 is 23.2 Å². The molecule has 0 saturated heterocycles. The number of nitrogens with zero attached hydrogens (tertiary/aromatic N) is 4. The van der Waals surface area contributed by atoms with Gasteiger partial charge in [-0.2, -0.15) is 13.2 Å². The fourth-order valence-electron chi connectivity index (χ4n) is 2.56. The van der Waals surface area contributed by atoms with Crippen molar-refractivity contribution in [2.45, 2.75) is 33.3 Å². The van der Waals surface area contributed by atoms with Gasteiger partial charge in [0.2, 0.25) is 17.7 Å². The van der Waals surface area contributed by atoms with Crippen LogP contribution in [0.1, 0.15) is 30.9 Å². The number of aryl methyl sites for hydroxylation is 1. The predicted molar refractivity (Wildman–Crippen MR) is 107 cm³/mol. The number of alkyl halides is 2. The topological polar surface area (TPSA) is 102 Å². The van der Waals surface area contributed by atoms with Crippen molar-refractivity contribution < 1.29 is 22.7 Å². The van der Waals surface area contributed by atoms with Gasteiger partial charge in [0.1, 0.15) is 18.2 Å². The fraction of sp³-hybridized carbons (Fsp3) is 0.250. The predicted octanol–water partition coefficient (Wildman–Crippen LogP) is 4.11. The molecule has 1 amide bonds. The van der Waals surface area contributed by atoms with Gasteiger partial charge in [-0.1, -0.05) is 0 Å². The Kier molecular flexibility index (Phi) is 6.33. The number of carbonyl (C=O) groups is 1. The lowest BCUT2D eigenvalue weighted by atomic mass is 10.3. The van der Waals surface area contributed by atoms with E-state index in [1.165, 1.54) is 37.5 Å². The van der Waals surface area contributed by atoms with Crippen molar-refractivity contribution in [3.63, 3.8) is 0 Å². The molecule has 0 bridgehead atoms. The third-order valence-electron chi connectivity index (χ3n) is 3.87. The molecular weight excluding hydrogens is 413 g/mol. The standard InChI is InChI=1S/C20H19F3N6O2/c1-11-6-18(29-19(26-11)20(3,22)23)28-14-8-17(27-12(2)30)25-9-15(14)31-10-13-4-5-24-16(21)7-13/h4-9H,10H2,1-3H3,(H2,25,26,27,28,29,30). The maximum atomic E-state index is 13.7. The van der Waals surface area contributed by atoms with Crippen molar-refractivity contribution in [2.75, 3.05) is 10.6 Å². The van der Waals surface area contributed by atoms with Gasteiger partial charge in [-0.3, -0.25) is 4.79 Å². The lowest BCUT2D eigenvalue weighted by molar-refractivity contribution is -0.114. The number of anilines is 3. The van der Waals surface area contributed by atoms with Crippen LogP contribution >= 0.6 is 0 Å². The molecule has 3 rings (SSSR count). The first-order chi connectivity index (χ1) is 14.6. The number of ether oxygens (including phenoxy) is 1. The smallest absolute Gasteiger partial charge is 0.303 e. The van der Waals surface area contributed by atoms with Gasteiger partial charge in [0, 0.05) is 37.9 Å². The normalized spacial score (nSPS) is 11.2. The van der Waals surface area contributed by atoms with Crippen LogP contribution in [-0.4, -0.2) is 25.8 Å². The van der Waals surface area contributed by atoms with E-state index in [0.29, 0.717) is 23.9 Å². The number of hydrogen-bond donors (Lipinski definition) is 2. The summed E-state index contributed by atoms with van der Waals surface area (Å²) in [7, 11) is 0. The molecule has 31 heavy (non-hydrogen) atoms. The van der Waals surface area contributed by atoms with Crippen LogP contribution in [0.5, 0.6) is 5.75 Å². The zero-order chi connectivity index (χ0) is 22.6. The zero-order valence-corrected chi connectivity index (χ0v) is 16.9. The second-order valence-corrected chi connectivity index (χ2v) is 6.75. The molecule has 3 aromatic rings. The Morgan fingerprint density at radius 1 is 1.16 bits per heavy atom. The van der Waals surface area contributed by atoms with E-state index in [0.717, 1.165) is 0 Å². The van der Waals surface area contributed by atoms with E-state index in [1.54, 1.807) is 13.0 Å². The number of pyridine rings is 2. The Labute approximate surface area is 175 Å². The molecule has 3 heterocycles. The van der Waals surface area contributed by atoms with Crippen LogP contribution in [0.15, 0.2) is 36.7 Å². The van der Waals surface area contributed by atoms with Gasteiger partial charge >= 0.3 is 5.92 Å². The summed E-state index contributed by atoms with van der Waals surface area (Å²) in [5, 5.41) is 5.43. The SMILES string of the molecule is CC(=O)Nc1cc(Nc2cc(C)nc(C(C)(F)F)n2)c(OCc2ccnc(F)c2)cn1. The van der Waals surface area contributed by atoms with E-state index in [4.69, 9.17) is 4.74 Å². The summed E-state index contributed by atoms with van der Waals surface area (Å²) < 4.78 is 46.4. The Morgan fingerprint density at radius 3 is 2.61 bits per heavy atom. The van der Waals surface area contributed by atoms with E-state index in [-0.39, 0.29) is 29.9 Å². The van der Waals surface area contributed by atoms with Crippen LogP contribution in [0.3, 0.4) is 0 Å². The van der Waals surface area contributed by atoms with E-state index in [1.807, 2.05) is 0 Å². The second-order valence-electron chi connectivity index (χ2n) is 6.75. The Hall–Kier alpha value is -3.76. The van der Waals surface area contributed by atoms with Crippen molar-refractivity contribution in [3.8, 4) is 5.75 Å². The summed E-state index contributed by atoms with van der Waals surface area (Å²) in [5.41, 5.74) is 1.16. The Bertz CT molecular complexity index is 1100. The average Bonchev–Trinajstić information content (AvgIpc) is 2.66. The molecule has 0 aliphatic rings. The number of hydrogen-bond acceptors (Lipinski definition) is 7. The quantitative estimate of drug-likeness (QED) is 0.542. The van der Waals surface area contributed by atoms with Crippen LogP contribution in [0, 0.1) is 12.9 Å². The summed E-state index contributed by atoms with van der Waals surface area (Å²) in [5.74, 6) is -4.32. The molecule has 0 aromatic carbocycles. The molecule has 8 nitrogen and oxygen atoms in total. The van der Waals surface area contributed by atoms with Crippen LogP contribution in [0.25, 0.3) is 0 Å².